The Kier molecular flexibility index (Phi) is 2.51. The number of rotatable bonds is 1. The Morgan fingerprint density at radius 1 is 1.55 bits per heavy atom. The topological polar surface area (TPSA) is 4.36 Å². The van der Waals surface area contributed by atoms with E-state index in [1.54, 1.807) is 0 Å². The van der Waals surface area contributed by atoms with Crippen LogP contribution in [0.3, 0.4) is 0 Å². The normalized spacial score (nSPS) is 9.18. The smallest absolute Gasteiger partial charge is 0.241 e. The first-order valence-electron chi connectivity index (χ1n) is 3.32. The van der Waals surface area contributed by atoms with Gasteiger partial charge in [0.1, 0.15) is 0 Å². The van der Waals surface area contributed by atoms with Crippen LogP contribution in [0.5, 0.6) is 0 Å². The third kappa shape index (κ3) is 1.96. The largest absolute Gasteiger partial charge is 0.312 e. The molecule has 0 radical (unpaired) electrons. The number of nitrogens with zero attached hydrogens (tertiary/aromatic N) is 1. The van der Waals surface area contributed by atoms with Gasteiger partial charge in [-0.3, -0.25) is 0 Å². The molecule has 0 saturated heterocycles. The highest BCUT2D eigenvalue weighted by atomic mass is 35.5. The molecule has 0 spiro atoms. The standard InChI is InChI=1S/C9H8ClN/c1-7-3-4-8(6-11-2)9(10)5-7/h3-5H,6H2,1H3. The van der Waals surface area contributed by atoms with E-state index in [-0.39, 0.29) is 0 Å². The van der Waals surface area contributed by atoms with Gasteiger partial charge in [0, 0.05) is 5.56 Å². The highest BCUT2D eigenvalue weighted by molar-refractivity contribution is 6.31. The average molecular weight is 166 g/mol. The molecule has 1 aromatic carbocycles. The van der Waals surface area contributed by atoms with Crippen molar-refractivity contribution in [1.29, 1.82) is 0 Å². The molecule has 0 fully saturated rings. The predicted molar refractivity (Wildman–Crippen MR) is 46.5 cm³/mol. The molecule has 0 unspecified atom stereocenters. The predicted octanol–water partition coefficient (Wildman–Crippen LogP) is 3.07. The molecule has 0 atom stereocenters. The molecule has 0 aliphatic rings. The van der Waals surface area contributed by atoms with Crippen LogP contribution in [0.1, 0.15) is 11.1 Å². The van der Waals surface area contributed by atoms with E-state index < -0.39 is 0 Å². The molecule has 0 saturated carbocycles. The summed E-state index contributed by atoms with van der Waals surface area (Å²) in [6.07, 6.45) is 0. The summed E-state index contributed by atoms with van der Waals surface area (Å²) in [5, 5.41) is 0.695. The minimum atomic E-state index is 0.374. The fraction of sp³-hybridized carbons (Fsp3) is 0.222. The van der Waals surface area contributed by atoms with Crippen molar-refractivity contribution in [3.8, 4) is 0 Å². The van der Waals surface area contributed by atoms with Crippen LogP contribution in [0, 0.1) is 13.5 Å². The molecule has 0 aliphatic carbocycles. The molecule has 2 heteroatoms. The van der Waals surface area contributed by atoms with Crippen LogP contribution in [-0.4, -0.2) is 0 Å². The van der Waals surface area contributed by atoms with Gasteiger partial charge in [0.2, 0.25) is 6.54 Å². The third-order valence-electron chi connectivity index (χ3n) is 1.46. The number of benzene rings is 1. The second kappa shape index (κ2) is 3.41. The fourth-order valence-corrected chi connectivity index (χ4v) is 1.16. The van der Waals surface area contributed by atoms with Gasteiger partial charge in [0.05, 0.1) is 5.02 Å². The van der Waals surface area contributed by atoms with Crippen LogP contribution in [-0.2, 0) is 6.54 Å². The Hall–Kier alpha value is -1.00. The molecule has 0 heterocycles. The maximum Gasteiger partial charge on any atom is 0.241 e. The maximum absolute atomic E-state index is 6.66. The van der Waals surface area contributed by atoms with Crippen LogP contribution in [0.2, 0.25) is 5.02 Å². The van der Waals surface area contributed by atoms with Crippen LogP contribution in [0.4, 0.5) is 0 Å². The zero-order valence-corrected chi connectivity index (χ0v) is 7.02. The van der Waals surface area contributed by atoms with E-state index in [9.17, 15) is 0 Å². The van der Waals surface area contributed by atoms with Crippen LogP contribution in [0.25, 0.3) is 4.85 Å². The van der Waals surface area contributed by atoms with Crippen molar-refractivity contribution >= 4 is 11.6 Å². The van der Waals surface area contributed by atoms with Crippen LogP contribution in [0.15, 0.2) is 18.2 Å². The first-order valence-corrected chi connectivity index (χ1v) is 3.70. The summed E-state index contributed by atoms with van der Waals surface area (Å²) in [5.41, 5.74) is 2.04. The molecule has 0 aliphatic heterocycles. The summed E-state index contributed by atoms with van der Waals surface area (Å²) in [6, 6.07) is 5.74. The number of hydrogen-bond donors (Lipinski definition) is 0. The molecule has 0 amide bonds. The van der Waals surface area contributed by atoms with Gasteiger partial charge in [-0.1, -0.05) is 17.7 Å². The summed E-state index contributed by atoms with van der Waals surface area (Å²) in [5.74, 6) is 0. The molecule has 1 aromatic rings. The second-order valence-electron chi connectivity index (χ2n) is 2.41. The first-order chi connectivity index (χ1) is 5.24. The Balaban J connectivity index is 3.01. The minimum absolute atomic E-state index is 0.374. The molecule has 56 valence electrons. The van der Waals surface area contributed by atoms with Gasteiger partial charge in [-0.15, -0.1) is 0 Å². The van der Waals surface area contributed by atoms with Crippen molar-refractivity contribution < 1.29 is 0 Å². The summed E-state index contributed by atoms with van der Waals surface area (Å²) in [4.78, 5) is 3.26. The number of halogens is 1. The summed E-state index contributed by atoms with van der Waals surface area (Å²) < 4.78 is 0. The van der Waals surface area contributed by atoms with Gasteiger partial charge in [0.25, 0.3) is 0 Å². The first kappa shape index (κ1) is 8.10. The van der Waals surface area contributed by atoms with Crippen molar-refractivity contribution in [2.24, 2.45) is 0 Å². The Morgan fingerprint density at radius 2 is 2.27 bits per heavy atom. The molecule has 11 heavy (non-hydrogen) atoms. The molecule has 0 aromatic heterocycles. The highest BCUT2D eigenvalue weighted by Gasteiger charge is 2.00. The monoisotopic (exact) mass is 165 g/mol. The number of aryl methyl sites for hydroxylation is 1. The lowest BCUT2D eigenvalue weighted by Gasteiger charge is -1.97. The Labute approximate surface area is 71.4 Å². The van der Waals surface area contributed by atoms with Crippen LogP contribution < -0.4 is 0 Å². The Bertz CT molecular complexity index is 299. The lowest BCUT2D eigenvalue weighted by atomic mass is 10.1. The van der Waals surface area contributed by atoms with E-state index in [0.29, 0.717) is 11.6 Å². The van der Waals surface area contributed by atoms with E-state index in [0.717, 1.165) is 11.1 Å². The third-order valence-corrected chi connectivity index (χ3v) is 1.81. The molecule has 1 nitrogen and oxygen atoms in total. The molecule has 1 rings (SSSR count). The molecular formula is C9H8ClN. The van der Waals surface area contributed by atoms with Crippen LogP contribution >= 0.6 is 11.6 Å². The lowest BCUT2D eigenvalue weighted by molar-refractivity contribution is 1.25. The Morgan fingerprint density at radius 3 is 2.82 bits per heavy atom. The summed E-state index contributed by atoms with van der Waals surface area (Å²) in [6.45, 7) is 9.01. The van der Waals surface area contributed by atoms with Crippen molar-refractivity contribution in [1.82, 2.24) is 0 Å². The SMILES string of the molecule is [C-]#[N+]Cc1ccc(C)cc1Cl. The van der Waals surface area contributed by atoms with E-state index in [2.05, 4.69) is 4.85 Å². The summed E-state index contributed by atoms with van der Waals surface area (Å²) >= 11 is 5.86. The van der Waals surface area contributed by atoms with Crippen molar-refractivity contribution in [3.05, 3.63) is 45.8 Å². The quantitative estimate of drug-likeness (QED) is 0.564. The summed E-state index contributed by atoms with van der Waals surface area (Å²) in [7, 11) is 0. The van der Waals surface area contributed by atoms with E-state index in [4.69, 9.17) is 18.2 Å². The molecular weight excluding hydrogens is 158 g/mol. The van der Waals surface area contributed by atoms with Gasteiger partial charge in [-0.05, 0) is 24.6 Å². The number of hydrogen-bond acceptors (Lipinski definition) is 0. The maximum atomic E-state index is 6.66. The highest BCUT2D eigenvalue weighted by Crippen LogP contribution is 2.17. The van der Waals surface area contributed by atoms with E-state index in [1.165, 1.54) is 0 Å². The van der Waals surface area contributed by atoms with Gasteiger partial charge >= 0.3 is 0 Å². The van der Waals surface area contributed by atoms with E-state index >= 15 is 0 Å². The van der Waals surface area contributed by atoms with Gasteiger partial charge in [-0.2, -0.15) is 0 Å². The minimum Gasteiger partial charge on any atom is -0.312 e. The van der Waals surface area contributed by atoms with Gasteiger partial charge < -0.3 is 4.85 Å². The zero-order chi connectivity index (χ0) is 8.27. The van der Waals surface area contributed by atoms with Crippen molar-refractivity contribution in [3.63, 3.8) is 0 Å². The fourth-order valence-electron chi connectivity index (χ4n) is 0.866. The molecule has 0 bridgehead atoms. The van der Waals surface area contributed by atoms with Gasteiger partial charge in [-0.25, -0.2) is 6.57 Å². The second-order valence-corrected chi connectivity index (χ2v) is 2.82. The van der Waals surface area contributed by atoms with Crippen molar-refractivity contribution in [2.45, 2.75) is 13.5 Å². The average Bonchev–Trinajstić information content (AvgIpc) is 1.95. The van der Waals surface area contributed by atoms with Crippen molar-refractivity contribution in [2.75, 3.05) is 0 Å². The molecule has 0 N–H and O–H groups in total. The van der Waals surface area contributed by atoms with E-state index in [1.807, 2.05) is 25.1 Å². The van der Waals surface area contributed by atoms with Gasteiger partial charge in [0.15, 0.2) is 0 Å². The zero-order valence-electron chi connectivity index (χ0n) is 6.26. The lowest BCUT2D eigenvalue weighted by Crippen LogP contribution is -1.81.